The second-order valence-electron chi connectivity index (χ2n) is 5.80. The SMILES string of the molecule is c1ccc2nc(N3CCC4NCCCC4C3)nnc2c1. The molecule has 0 aliphatic carbocycles. The number of hydrogen-bond donors (Lipinski definition) is 1. The first-order valence-corrected chi connectivity index (χ1v) is 7.48. The molecule has 0 amide bonds. The molecule has 1 aromatic carbocycles. The second kappa shape index (κ2) is 4.98. The fourth-order valence-corrected chi connectivity index (χ4v) is 3.43. The summed E-state index contributed by atoms with van der Waals surface area (Å²) in [5.74, 6) is 1.51. The highest BCUT2D eigenvalue weighted by atomic mass is 15.3. The van der Waals surface area contributed by atoms with E-state index in [1.807, 2.05) is 24.3 Å². The van der Waals surface area contributed by atoms with Gasteiger partial charge in [0.15, 0.2) is 0 Å². The number of aromatic nitrogens is 3. The molecule has 0 radical (unpaired) electrons. The van der Waals surface area contributed by atoms with E-state index in [1.54, 1.807) is 0 Å². The molecule has 2 aromatic rings. The molecule has 2 aliphatic heterocycles. The van der Waals surface area contributed by atoms with Gasteiger partial charge >= 0.3 is 0 Å². The molecule has 1 N–H and O–H groups in total. The van der Waals surface area contributed by atoms with Crippen molar-refractivity contribution in [3.05, 3.63) is 24.3 Å². The minimum absolute atomic E-state index is 0.688. The zero-order valence-electron chi connectivity index (χ0n) is 11.5. The van der Waals surface area contributed by atoms with Crippen molar-refractivity contribution in [2.45, 2.75) is 25.3 Å². The highest BCUT2D eigenvalue weighted by Gasteiger charge is 2.31. The lowest BCUT2D eigenvalue weighted by molar-refractivity contribution is 0.243. The van der Waals surface area contributed by atoms with Crippen LogP contribution in [-0.2, 0) is 0 Å². The van der Waals surface area contributed by atoms with Gasteiger partial charge in [0.1, 0.15) is 5.52 Å². The van der Waals surface area contributed by atoms with Gasteiger partial charge in [-0.15, -0.1) is 10.2 Å². The normalized spacial score (nSPS) is 26.5. The average Bonchev–Trinajstić information content (AvgIpc) is 2.54. The zero-order valence-corrected chi connectivity index (χ0v) is 11.5. The van der Waals surface area contributed by atoms with Gasteiger partial charge in [-0.1, -0.05) is 12.1 Å². The lowest BCUT2D eigenvalue weighted by Gasteiger charge is -2.41. The summed E-state index contributed by atoms with van der Waals surface area (Å²) in [6.45, 7) is 3.25. The molecule has 4 rings (SSSR count). The quantitative estimate of drug-likeness (QED) is 0.852. The molecular weight excluding hydrogens is 250 g/mol. The van der Waals surface area contributed by atoms with E-state index in [0.717, 1.165) is 36.0 Å². The van der Waals surface area contributed by atoms with Gasteiger partial charge in [-0.25, -0.2) is 4.98 Å². The number of anilines is 1. The molecule has 1 aromatic heterocycles. The van der Waals surface area contributed by atoms with Gasteiger partial charge in [0.25, 0.3) is 0 Å². The molecule has 2 atom stereocenters. The van der Waals surface area contributed by atoms with Crippen LogP contribution in [0.3, 0.4) is 0 Å². The minimum Gasteiger partial charge on any atom is -0.339 e. The molecule has 0 spiro atoms. The van der Waals surface area contributed by atoms with E-state index < -0.39 is 0 Å². The van der Waals surface area contributed by atoms with Gasteiger partial charge in [-0.2, -0.15) is 0 Å². The Morgan fingerprint density at radius 2 is 2.00 bits per heavy atom. The molecule has 5 nitrogen and oxygen atoms in total. The van der Waals surface area contributed by atoms with E-state index in [9.17, 15) is 0 Å². The zero-order chi connectivity index (χ0) is 13.4. The lowest BCUT2D eigenvalue weighted by Crippen LogP contribution is -2.52. The molecule has 20 heavy (non-hydrogen) atoms. The highest BCUT2D eigenvalue weighted by molar-refractivity contribution is 5.74. The number of benzene rings is 1. The number of para-hydroxylation sites is 1. The Labute approximate surface area is 118 Å². The maximum atomic E-state index is 4.67. The largest absolute Gasteiger partial charge is 0.339 e. The van der Waals surface area contributed by atoms with E-state index in [4.69, 9.17) is 0 Å². The van der Waals surface area contributed by atoms with Crippen molar-refractivity contribution in [3.8, 4) is 0 Å². The van der Waals surface area contributed by atoms with Crippen LogP contribution in [-0.4, -0.2) is 40.9 Å². The Kier molecular flexibility index (Phi) is 2.99. The predicted molar refractivity (Wildman–Crippen MR) is 78.7 cm³/mol. The summed E-state index contributed by atoms with van der Waals surface area (Å²) in [6, 6.07) is 8.61. The first-order valence-electron chi connectivity index (χ1n) is 7.48. The monoisotopic (exact) mass is 269 g/mol. The summed E-state index contributed by atoms with van der Waals surface area (Å²) < 4.78 is 0. The van der Waals surface area contributed by atoms with Crippen molar-refractivity contribution >= 4 is 17.0 Å². The van der Waals surface area contributed by atoms with E-state index in [1.165, 1.54) is 25.8 Å². The Bertz CT molecular complexity index is 614. The summed E-state index contributed by atoms with van der Waals surface area (Å²) in [5.41, 5.74) is 1.80. The summed E-state index contributed by atoms with van der Waals surface area (Å²) in [6.07, 6.45) is 3.78. The first kappa shape index (κ1) is 12.0. The van der Waals surface area contributed by atoms with Crippen molar-refractivity contribution < 1.29 is 0 Å². The number of rotatable bonds is 1. The maximum Gasteiger partial charge on any atom is 0.245 e. The fraction of sp³-hybridized carbons (Fsp3) is 0.533. The third kappa shape index (κ3) is 2.12. The second-order valence-corrected chi connectivity index (χ2v) is 5.80. The van der Waals surface area contributed by atoms with Crippen LogP contribution in [0, 0.1) is 5.92 Å². The molecule has 0 saturated carbocycles. The smallest absolute Gasteiger partial charge is 0.245 e. The first-order chi connectivity index (χ1) is 9.90. The predicted octanol–water partition coefficient (Wildman–Crippen LogP) is 1.60. The van der Waals surface area contributed by atoms with Gasteiger partial charge in [-0.3, -0.25) is 0 Å². The number of hydrogen-bond acceptors (Lipinski definition) is 5. The molecule has 104 valence electrons. The molecule has 2 saturated heterocycles. The lowest BCUT2D eigenvalue weighted by atomic mass is 9.85. The number of piperidine rings is 2. The molecule has 3 heterocycles. The molecular formula is C15H19N5. The molecule has 2 unspecified atom stereocenters. The van der Waals surface area contributed by atoms with Gasteiger partial charge in [0.2, 0.25) is 5.95 Å². The van der Waals surface area contributed by atoms with Crippen LogP contribution < -0.4 is 10.2 Å². The Morgan fingerprint density at radius 1 is 1.10 bits per heavy atom. The van der Waals surface area contributed by atoms with Crippen LogP contribution in [0.2, 0.25) is 0 Å². The number of nitrogens with zero attached hydrogens (tertiary/aromatic N) is 4. The Balaban J connectivity index is 1.59. The summed E-state index contributed by atoms with van der Waals surface area (Å²) in [4.78, 5) is 6.97. The van der Waals surface area contributed by atoms with E-state index >= 15 is 0 Å². The van der Waals surface area contributed by atoms with Gasteiger partial charge in [0.05, 0.1) is 5.52 Å². The molecule has 0 bridgehead atoms. The van der Waals surface area contributed by atoms with Crippen molar-refractivity contribution in [1.29, 1.82) is 0 Å². The number of fused-ring (bicyclic) bond motifs is 2. The van der Waals surface area contributed by atoms with E-state index in [-0.39, 0.29) is 0 Å². The van der Waals surface area contributed by atoms with Crippen LogP contribution in [0.1, 0.15) is 19.3 Å². The van der Waals surface area contributed by atoms with Crippen LogP contribution in [0.15, 0.2) is 24.3 Å². The topological polar surface area (TPSA) is 53.9 Å². The van der Waals surface area contributed by atoms with Crippen molar-refractivity contribution in [3.63, 3.8) is 0 Å². The molecule has 2 fully saturated rings. The Morgan fingerprint density at radius 3 is 2.95 bits per heavy atom. The standard InChI is InChI=1S/C15H19N5/c1-2-6-14-13(5-1)17-15(19-18-14)20-9-7-12-11(10-20)4-3-8-16-12/h1-2,5-6,11-12,16H,3-4,7-10H2. The highest BCUT2D eigenvalue weighted by Crippen LogP contribution is 2.26. The van der Waals surface area contributed by atoms with Crippen LogP contribution in [0.5, 0.6) is 0 Å². The van der Waals surface area contributed by atoms with Crippen LogP contribution in [0.25, 0.3) is 11.0 Å². The Hall–Kier alpha value is -1.75. The average molecular weight is 269 g/mol. The van der Waals surface area contributed by atoms with Gasteiger partial charge in [-0.05, 0) is 43.9 Å². The third-order valence-electron chi connectivity index (χ3n) is 4.52. The maximum absolute atomic E-state index is 4.67. The third-order valence-corrected chi connectivity index (χ3v) is 4.52. The molecule has 5 heteroatoms. The summed E-state index contributed by atoms with van der Waals surface area (Å²) in [5, 5.41) is 12.2. The van der Waals surface area contributed by atoms with E-state index in [0.29, 0.717) is 6.04 Å². The number of nitrogens with one attached hydrogen (secondary N) is 1. The van der Waals surface area contributed by atoms with Crippen molar-refractivity contribution in [2.75, 3.05) is 24.5 Å². The van der Waals surface area contributed by atoms with Gasteiger partial charge < -0.3 is 10.2 Å². The van der Waals surface area contributed by atoms with Crippen LogP contribution in [0.4, 0.5) is 5.95 Å². The van der Waals surface area contributed by atoms with Crippen LogP contribution >= 0.6 is 0 Å². The summed E-state index contributed by atoms with van der Waals surface area (Å²) in [7, 11) is 0. The van der Waals surface area contributed by atoms with E-state index in [2.05, 4.69) is 25.4 Å². The fourth-order valence-electron chi connectivity index (χ4n) is 3.43. The molecule has 2 aliphatic rings. The summed E-state index contributed by atoms with van der Waals surface area (Å²) >= 11 is 0. The van der Waals surface area contributed by atoms with Crippen molar-refractivity contribution in [2.24, 2.45) is 5.92 Å². The van der Waals surface area contributed by atoms with Crippen molar-refractivity contribution in [1.82, 2.24) is 20.5 Å². The van der Waals surface area contributed by atoms with Gasteiger partial charge in [0, 0.05) is 19.1 Å². The minimum atomic E-state index is 0.688.